The SMILES string of the molecule is CN1CCC(SN2CCN(C(/C=C\CCl)=C/CNC(=O)c3coc(N)n3)CC2)CC1. The first-order chi connectivity index (χ1) is 14.5. The van der Waals surface area contributed by atoms with Gasteiger partial charge in [0.2, 0.25) is 0 Å². The second-order valence-electron chi connectivity index (χ2n) is 7.49. The molecule has 1 amide bonds. The van der Waals surface area contributed by atoms with Crippen LogP contribution in [-0.2, 0) is 0 Å². The van der Waals surface area contributed by atoms with Crippen LogP contribution in [0.15, 0.2) is 34.6 Å². The van der Waals surface area contributed by atoms with Crippen LogP contribution >= 0.6 is 23.5 Å². The van der Waals surface area contributed by atoms with E-state index in [1.165, 1.54) is 32.2 Å². The van der Waals surface area contributed by atoms with Crippen molar-refractivity contribution in [1.29, 1.82) is 0 Å². The monoisotopic (exact) mass is 454 g/mol. The first-order valence-corrected chi connectivity index (χ1v) is 11.7. The highest BCUT2D eigenvalue weighted by Gasteiger charge is 2.24. The van der Waals surface area contributed by atoms with Crippen molar-refractivity contribution in [2.75, 3.05) is 64.5 Å². The van der Waals surface area contributed by atoms with Crippen LogP contribution in [0.4, 0.5) is 6.01 Å². The second-order valence-corrected chi connectivity index (χ2v) is 9.19. The molecule has 0 aromatic carbocycles. The first-order valence-electron chi connectivity index (χ1n) is 10.3. The fraction of sp³-hybridized carbons (Fsp3) is 0.600. The summed E-state index contributed by atoms with van der Waals surface area (Å²) in [6.07, 6.45) is 9.73. The molecule has 0 radical (unpaired) electrons. The van der Waals surface area contributed by atoms with Crippen LogP contribution in [0.2, 0.25) is 0 Å². The Balaban J connectivity index is 1.48. The Kier molecular flexibility index (Phi) is 8.92. The van der Waals surface area contributed by atoms with E-state index in [2.05, 4.69) is 31.5 Å². The Bertz CT molecular complexity index is 739. The third-order valence-corrected chi connectivity index (χ3v) is 6.88. The van der Waals surface area contributed by atoms with Crippen molar-refractivity contribution >= 4 is 35.5 Å². The lowest BCUT2D eigenvalue weighted by molar-refractivity contribution is 0.0953. The number of halogens is 1. The van der Waals surface area contributed by atoms with Gasteiger partial charge in [-0.15, -0.1) is 11.6 Å². The largest absolute Gasteiger partial charge is 0.431 e. The molecule has 0 unspecified atom stereocenters. The number of piperazine rings is 1. The number of hydrogen-bond acceptors (Lipinski definition) is 8. The molecule has 3 rings (SSSR count). The summed E-state index contributed by atoms with van der Waals surface area (Å²) in [6.45, 7) is 6.72. The summed E-state index contributed by atoms with van der Waals surface area (Å²) in [5.41, 5.74) is 6.66. The molecule has 8 nitrogen and oxygen atoms in total. The lowest BCUT2D eigenvalue weighted by Crippen LogP contribution is -2.44. The summed E-state index contributed by atoms with van der Waals surface area (Å²) in [5, 5.41) is 3.56. The number of alkyl halides is 1. The summed E-state index contributed by atoms with van der Waals surface area (Å²) >= 11 is 7.88. The number of rotatable bonds is 8. The predicted molar refractivity (Wildman–Crippen MR) is 122 cm³/mol. The van der Waals surface area contributed by atoms with Crippen molar-refractivity contribution in [3.63, 3.8) is 0 Å². The van der Waals surface area contributed by atoms with Gasteiger partial charge < -0.3 is 25.3 Å². The molecular formula is C20H31ClN6O2S. The molecule has 1 aromatic heterocycles. The van der Waals surface area contributed by atoms with E-state index < -0.39 is 0 Å². The van der Waals surface area contributed by atoms with Crippen molar-refractivity contribution in [3.8, 4) is 0 Å². The van der Waals surface area contributed by atoms with E-state index in [0.717, 1.165) is 37.1 Å². The summed E-state index contributed by atoms with van der Waals surface area (Å²) < 4.78 is 7.38. The van der Waals surface area contributed by atoms with E-state index in [9.17, 15) is 4.79 Å². The molecular weight excluding hydrogens is 424 g/mol. The fourth-order valence-corrected chi connectivity index (χ4v) is 4.86. The number of amides is 1. The number of likely N-dealkylation sites (tertiary alicyclic amines) is 1. The molecule has 0 bridgehead atoms. The minimum absolute atomic E-state index is 0.0163. The molecule has 2 aliphatic heterocycles. The number of carbonyl (C=O) groups excluding carboxylic acids is 1. The average Bonchev–Trinajstić information content (AvgIpc) is 3.19. The highest BCUT2D eigenvalue weighted by molar-refractivity contribution is 7.97. The van der Waals surface area contributed by atoms with E-state index >= 15 is 0 Å². The van der Waals surface area contributed by atoms with Gasteiger partial charge in [0.1, 0.15) is 6.26 Å². The number of allylic oxidation sites excluding steroid dienone is 2. The van der Waals surface area contributed by atoms with Crippen LogP contribution in [-0.4, -0.2) is 89.0 Å². The Hall–Kier alpha value is -1.68. The number of piperidine rings is 1. The second kappa shape index (κ2) is 11.6. The summed E-state index contributed by atoms with van der Waals surface area (Å²) in [4.78, 5) is 20.7. The Morgan fingerprint density at radius 3 is 2.70 bits per heavy atom. The number of carbonyl (C=O) groups is 1. The lowest BCUT2D eigenvalue weighted by atomic mass is 10.1. The Morgan fingerprint density at radius 1 is 1.33 bits per heavy atom. The van der Waals surface area contributed by atoms with E-state index in [1.807, 2.05) is 30.2 Å². The Labute approximate surface area is 187 Å². The van der Waals surface area contributed by atoms with Gasteiger partial charge in [0.05, 0.1) is 0 Å². The number of anilines is 1. The normalized spacial score (nSPS) is 20.2. The van der Waals surface area contributed by atoms with Crippen molar-refractivity contribution in [1.82, 2.24) is 24.4 Å². The van der Waals surface area contributed by atoms with Gasteiger partial charge in [-0.2, -0.15) is 4.98 Å². The smallest absolute Gasteiger partial charge is 0.292 e. The van der Waals surface area contributed by atoms with Crippen LogP contribution in [0.1, 0.15) is 23.3 Å². The molecule has 1 aromatic rings. The number of nitrogens with zero attached hydrogens (tertiary/aromatic N) is 4. The molecule has 3 heterocycles. The molecule has 30 heavy (non-hydrogen) atoms. The quantitative estimate of drug-likeness (QED) is 0.350. The standard InChI is InChI=1S/C20H31ClN6O2S/c1-25-9-5-17(6-10-25)30-27-13-11-26(12-14-27)16(3-2-7-21)4-8-23-19(28)18-15-29-20(22)24-18/h2-4,15,17H,5-14H2,1H3,(H2,22,24)(H,23,28)/b3-2-,16-4+. The molecule has 0 atom stereocenters. The van der Waals surface area contributed by atoms with E-state index in [4.69, 9.17) is 21.8 Å². The molecule has 2 aliphatic rings. The summed E-state index contributed by atoms with van der Waals surface area (Å²) in [6, 6.07) is -0.0163. The number of hydrogen-bond donors (Lipinski definition) is 2. The van der Waals surface area contributed by atoms with Crippen LogP contribution in [0.5, 0.6) is 0 Å². The third-order valence-electron chi connectivity index (χ3n) is 5.27. The van der Waals surface area contributed by atoms with E-state index in [0.29, 0.717) is 12.4 Å². The number of nitrogens with two attached hydrogens (primary N) is 1. The minimum atomic E-state index is -0.313. The van der Waals surface area contributed by atoms with E-state index in [1.54, 1.807) is 0 Å². The zero-order valence-corrected chi connectivity index (χ0v) is 19.0. The van der Waals surface area contributed by atoms with Gasteiger partial charge in [0, 0.05) is 49.6 Å². The molecule has 0 aliphatic carbocycles. The van der Waals surface area contributed by atoms with Crippen molar-refractivity contribution in [3.05, 3.63) is 35.9 Å². The highest BCUT2D eigenvalue weighted by Crippen LogP contribution is 2.27. The number of oxazole rings is 1. The lowest BCUT2D eigenvalue weighted by Gasteiger charge is -2.38. The maximum Gasteiger partial charge on any atom is 0.292 e. The maximum absolute atomic E-state index is 12.1. The van der Waals surface area contributed by atoms with Crippen molar-refractivity contribution < 1.29 is 9.21 Å². The van der Waals surface area contributed by atoms with Crippen molar-refractivity contribution in [2.24, 2.45) is 0 Å². The fourth-order valence-electron chi connectivity index (χ4n) is 3.55. The Morgan fingerprint density at radius 2 is 2.07 bits per heavy atom. The number of aromatic nitrogens is 1. The van der Waals surface area contributed by atoms with Gasteiger partial charge in [-0.3, -0.25) is 4.79 Å². The van der Waals surface area contributed by atoms with Crippen LogP contribution in [0, 0.1) is 0 Å². The van der Waals surface area contributed by atoms with Gasteiger partial charge in [-0.25, -0.2) is 4.31 Å². The molecule has 166 valence electrons. The van der Waals surface area contributed by atoms with Crippen LogP contribution in [0.3, 0.4) is 0 Å². The summed E-state index contributed by atoms with van der Waals surface area (Å²) in [5.74, 6) is 0.139. The number of nitrogen functional groups attached to an aromatic ring is 1. The van der Waals surface area contributed by atoms with E-state index in [-0.39, 0.29) is 17.6 Å². The molecule has 0 saturated carbocycles. The number of nitrogens with one attached hydrogen (secondary N) is 1. The predicted octanol–water partition coefficient (Wildman–Crippen LogP) is 2.03. The molecule has 3 N–H and O–H groups in total. The van der Waals surface area contributed by atoms with Gasteiger partial charge in [-0.1, -0.05) is 18.0 Å². The maximum atomic E-state index is 12.1. The zero-order chi connectivity index (χ0) is 21.3. The molecule has 10 heteroatoms. The highest BCUT2D eigenvalue weighted by atomic mass is 35.5. The minimum Gasteiger partial charge on any atom is -0.431 e. The average molecular weight is 455 g/mol. The van der Waals surface area contributed by atoms with Gasteiger partial charge in [0.25, 0.3) is 11.9 Å². The van der Waals surface area contributed by atoms with Gasteiger partial charge in [-0.05, 0) is 45.1 Å². The third kappa shape index (κ3) is 6.94. The first kappa shape index (κ1) is 23.0. The van der Waals surface area contributed by atoms with Crippen molar-refractivity contribution in [2.45, 2.75) is 18.1 Å². The summed E-state index contributed by atoms with van der Waals surface area (Å²) in [7, 11) is 2.20. The zero-order valence-electron chi connectivity index (χ0n) is 17.4. The molecule has 2 saturated heterocycles. The van der Waals surface area contributed by atoms with Gasteiger partial charge in [0.15, 0.2) is 5.69 Å². The van der Waals surface area contributed by atoms with Gasteiger partial charge >= 0.3 is 0 Å². The molecule has 2 fully saturated rings. The topological polar surface area (TPSA) is 90.9 Å². The van der Waals surface area contributed by atoms with Crippen LogP contribution < -0.4 is 11.1 Å². The van der Waals surface area contributed by atoms with Crippen LogP contribution in [0.25, 0.3) is 0 Å². The molecule has 0 spiro atoms.